The van der Waals surface area contributed by atoms with Gasteiger partial charge in [0.1, 0.15) is 0 Å². The third-order valence-electron chi connectivity index (χ3n) is 4.53. The van der Waals surface area contributed by atoms with E-state index in [9.17, 15) is 4.79 Å². The highest BCUT2D eigenvalue weighted by molar-refractivity contribution is 5.78. The average Bonchev–Trinajstić information content (AvgIpc) is 3.14. The molecule has 7 nitrogen and oxygen atoms in total. The highest BCUT2D eigenvalue weighted by Gasteiger charge is 2.26. The Balaban J connectivity index is 1.36. The van der Waals surface area contributed by atoms with E-state index in [4.69, 9.17) is 14.0 Å². The van der Waals surface area contributed by atoms with Gasteiger partial charge in [0.2, 0.25) is 18.6 Å². The minimum atomic E-state index is -0.0103. The van der Waals surface area contributed by atoms with Gasteiger partial charge in [0.25, 0.3) is 0 Å². The van der Waals surface area contributed by atoms with Crippen LogP contribution >= 0.6 is 0 Å². The number of aromatic nitrogens is 2. The summed E-state index contributed by atoms with van der Waals surface area (Å²) >= 11 is 0. The molecule has 1 aliphatic heterocycles. The van der Waals surface area contributed by atoms with E-state index >= 15 is 0 Å². The summed E-state index contributed by atoms with van der Waals surface area (Å²) in [5.74, 6) is 3.05. The molecule has 4 rings (SSSR count). The molecule has 1 amide bonds. The van der Waals surface area contributed by atoms with Crippen LogP contribution in [0.4, 0.5) is 0 Å². The lowest BCUT2D eigenvalue weighted by Gasteiger charge is -2.20. The van der Waals surface area contributed by atoms with Crippen molar-refractivity contribution in [3.05, 3.63) is 35.5 Å². The Morgan fingerprint density at radius 3 is 2.92 bits per heavy atom. The maximum atomic E-state index is 12.4. The minimum Gasteiger partial charge on any atom is -0.454 e. The Hall–Kier alpha value is -2.57. The Bertz CT molecular complexity index is 754. The highest BCUT2D eigenvalue weighted by atomic mass is 16.7. The SMILES string of the molecule is CN(Cc1noc(C2CCC2)n1)C(=O)Cc1ccc2c(c1)OCO2. The Labute approximate surface area is 139 Å². The lowest BCUT2D eigenvalue weighted by atomic mass is 9.85. The number of ether oxygens (including phenoxy) is 2. The van der Waals surface area contributed by atoms with Crippen LogP contribution in [-0.2, 0) is 17.8 Å². The van der Waals surface area contributed by atoms with Crippen molar-refractivity contribution in [3.63, 3.8) is 0 Å². The number of benzene rings is 1. The Kier molecular flexibility index (Phi) is 3.84. The monoisotopic (exact) mass is 329 g/mol. The molecule has 2 aliphatic rings. The molecule has 0 radical (unpaired) electrons. The molecule has 1 aromatic carbocycles. The number of likely N-dealkylation sites (N-methyl/N-ethyl adjacent to an activating group) is 1. The maximum Gasteiger partial charge on any atom is 0.231 e. The van der Waals surface area contributed by atoms with Crippen LogP contribution in [0.25, 0.3) is 0 Å². The van der Waals surface area contributed by atoms with E-state index in [-0.39, 0.29) is 12.7 Å². The van der Waals surface area contributed by atoms with Crippen molar-refractivity contribution in [3.8, 4) is 11.5 Å². The second-order valence-corrected chi connectivity index (χ2v) is 6.29. The van der Waals surface area contributed by atoms with Gasteiger partial charge in [-0.1, -0.05) is 17.6 Å². The summed E-state index contributed by atoms with van der Waals surface area (Å²) in [6.07, 6.45) is 3.73. The first-order valence-corrected chi connectivity index (χ1v) is 8.14. The van der Waals surface area contributed by atoms with Gasteiger partial charge < -0.3 is 18.9 Å². The zero-order chi connectivity index (χ0) is 16.5. The molecule has 1 fully saturated rings. The molecular weight excluding hydrogens is 310 g/mol. The number of hydrogen-bond donors (Lipinski definition) is 0. The van der Waals surface area contributed by atoms with Gasteiger partial charge in [-0.2, -0.15) is 4.98 Å². The first kappa shape index (κ1) is 15.0. The molecule has 126 valence electrons. The number of carbonyl (C=O) groups excluding carboxylic acids is 1. The number of nitrogens with zero attached hydrogens (tertiary/aromatic N) is 3. The molecule has 0 atom stereocenters. The summed E-state index contributed by atoms with van der Waals surface area (Å²) < 4.78 is 15.9. The van der Waals surface area contributed by atoms with Gasteiger partial charge in [-0.3, -0.25) is 4.79 Å². The van der Waals surface area contributed by atoms with Gasteiger partial charge >= 0.3 is 0 Å². The summed E-state index contributed by atoms with van der Waals surface area (Å²) in [6.45, 7) is 0.577. The number of rotatable bonds is 5. The van der Waals surface area contributed by atoms with Gasteiger partial charge in [0.05, 0.1) is 13.0 Å². The van der Waals surface area contributed by atoms with Crippen LogP contribution < -0.4 is 9.47 Å². The van der Waals surface area contributed by atoms with E-state index in [0.29, 0.717) is 36.3 Å². The van der Waals surface area contributed by atoms with Crippen molar-refractivity contribution in [2.75, 3.05) is 13.8 Å². The molecule has 1 aromatic heterocycles. The Morgan fingerprint density at radius 2 is 2.12 bits per heavy atom. The molecule has 24 heavy (non-hydrogen) atoms. The predicted molar refractivity (Wildman–Crippen MR) is 83.6 cm³/mol. The van der Waals surface area contributed by atoms with Gasteiger partial charge in [-0.15, -0.1) is 0 Å². The molecule has 0 N–H and O–H groups in total. The summed E-state index contributed by atoms with van der Waals surface area (Å²) in [4.78, 5) is 18.4. The molecular formula is C17H19N3O4. The van der Waals surface area contributed by atoms with E-state index in [2.05, 4.69) is 10.1 Å². The number of hydrogen-bond acceptors (Lipinski definition) is 6. The summed E-state index contributed by atoms with van der Waals surface area (Å²) in [5, 5.41) is 3.98. The van der Waals surface area contributed by atoms with E-state index in [0.717, 1.165) is 24.2 Å². The summed E-state index contributed by atoms with van der Waals surface area (Å²) in [7, 11) is 1.74. The van der Waals surface area contributed by atoms with Gasteiger partial charge in [0.15, 0.2) is 17.3 Å². The molecule has 0 bridgehead atoms. The third kappa shape index (κ3) is 2.93. The number of amides is 1. The van der Waals surface area contributed by atoms with Crippen LogP contribution in [0.1, 0.15) is 42.5 Å². The molecule has 2 heterocycles. The number of fused-ring (bicyclic) bond motifs is 1. The second kappa shape index (κ2) is 6.14. The highest BCUT2D eigenvalue weighted by Crippen LogP contribution is 2.35. The van der Waals surface area contributed by atoms with Crippen molar-refractivity contribution >= 4 is 5.91 Å². The lowest BCUT2D eigenvalue weighted by Crippen LogP contribution is -2.28. The quantitative estimate of drug-likeness (QED) is 0.837. The molecule has 0 unspecified atom stereocenters. The topological polar surface area (TPSA) is 77.7 Å². The van der Waals surface area contributed by atoms with Gasteiger partial charge in [0, 0.05) is 13.0 Å². The molecule has 1 saturated carbocycles. The molecule has 0 spiro atoms. The molecule has 7 heteroatoms. The van der Waals surface area contributed by atoms with Crippen LogP contribution in [0.2, 0.25) is 0 Å². The first-order chi connectivity index (χ1) is 11.7. The second-order valence-electron chi connectivity index (χ2n) is 6.29. The van der Waals surface area contributed by atoms with Crippen LogP contribution in [0.3, 0.4) is 0 Å². The van der Waals surface area contributed by atoms with Crippen molar-refractivity contribution in [2.24, 2.45) is 0 Å². The van der Waals surface area contributed by atoms with Gasteiger partial charge in [-0.25, -0.2) is 0 Å². The van der Waals surface area contributed by atoms with Crippen molar-refractivity contribution < 1.29 is 18.8 Å². The molecule has 0 saturated heterocycles. The van der Waals surface area contributed by atoms with Crippen LogP contribution in [-0.4, -0.2) is 34.8 Å². The average molecular weight is 329 g/mol. The predicted octanol–water partition coefficient (Wildman–Crippen LogP) is 2.27. The third-order valence-corrected chi connectivity index (χ3v) is 4.53. The standard InChI is InChI=1S/C17H19N3O4/c1-20(9-15-18-17(24-19-15)12-3-2-4-12)16(21)8-11-5-6-13-14(7-11)23-10-22-13/h5-7,12H,2-4,8-10H2,1H3. The minimum absolute atomic E-state index is 0.0103. The van der Waals surface area contributed by atoms with E-state index < -0.39 is 0 Å². The fourth-order valence-corrected chi connectivity index (χ4v) is 2.81. The van der Waals surface area contributed by atoms with Crippen LogP contribution in [0.5, 0.6) is 11.5 Å². The summed E-state index contributed by atoms with van der Waals surface area (Å²) in [6, 6.07) is 5.55. The van der Waals surface area contributed by atoms with Crippen molar-refractivity contribution in [1.82, 2.24) is 15.0 Å². The van der Waals surface area contributed by atoms with E-state index in [1.165, 1.54) is 6.42 Å². The fraction of sp³-hybridized carbons (Fsp3) is 0.471. The zero-order valence-electron chi connectivity index (χ0n) is 13.5. The smallest absolute Gasteiger partial charge is 0.231 e. The van der Waals surface area contributed by atoms with Gasteiger partial charge in [-0.05, 0) is 30.5 Å². The van der Waals surface area contributed by atoms with E-state index in [1.807, 2.05) is 18.2 Å². The van der Waals surface area contributed by atoms with Crippen molar-refractivity contribution in [2.45, 2.75) is 38.1 Å². The van der Waals surface area contributed by atoms with Crippen LogP contribution in [0.15, 0.2) is 22.7 Å². The zero-order valence-corrected chi connectivity index (χ0v) is 13.5. The molecule has 2 aromatic rings. The van der Waals surface area contributed by atoms with Crippen LogP contribution in [0, 0.1) is 0 Å². The number of carbonyl (C=O) groups is 1. The van der Waals surface area contributed by atoms with E-state index in [1.54, 1.807) is 11.9 Å². The fourth-order valence-electron chi connectivity index (χ4n) is 2.81. The first-order valence-electron chi connectivity index (χ1n) is 8.14. The normalized spacial score (nSPS) is 16.0. The summed E-state index contributed by atoms with van der Waals surface area (Å²) in [5.41, 5.74) is 0.888. The lowest BCUT2D eigenvalue weighted by molar-refractivity contribution is -0.129. The molecule has 1 aliphatic carbocycles. The van der Waals surface area contributed by atoms with Crippen molar-refractivity contribution in [1.29, 1.82) is 0 Å². The largest absolute Gasteiger partial charge is 0.454 e. The Morgan fingerprint density at radius 1 is 1.29 bits per heavy atom. The maximum absolute atomic E-state index is 12.4.